The topological polar surface area (TPSA) is 71.0 Å². The van der Waals surface area contributed by atoms with Crippen molar-refractivity contribution in [2.75, 3.05) is 18.0 Å². The van der Waals surface area contributed by atoms with Crippen molar-refractivity contribution in [3.05, 3.63) is 47.4 Å². The number of anilines is 1. The summed E-state index contributed by atoms with van der Waals surface area (Å²) in [5.41, 5.74) is 1.05. The minimum absolute atomic E-state index is 0.0359. The lowest BCUT2D eigenvalue weighted by Crippen LogP contribution is -2.44. The maximum absolute atomic E-state index is 12.6. The van der Waals surface area contributed by atoms with Gasteiger partial charge in [-0.3, -0.25) is 9.78 Å². The summed E-state index contributed by atoms with van der Waals surface area (Å²) in [7, 11) is 0. The number of nitrogens with zero attached hydrogens (tertiary/aromatic N) is 4. The van der Waals surface area contributed by atoms with Gasteiger partial charge in [0.15, 0.2) is 11.0 Å². The van der Waals surface area contributed by atoms with E-state index >= 15 is 0 Å². The molecule has 1 N–H and O–H groups in total. The lowest BCUT2D eigenvalue weighted by atomic mass is 9.96. The standard InChI is InChI=1S/C17H20ClN5O/c1-12(13-6-8-19-9-7-13)20-17(24)14-3-2-10-23(11-14)16-5-4-15(18)21-22-16/h4-9,12,14H,2-3,10-11H2,1H3,(H,20,24)/t12-,14+/m0/s1. The number of rotatable bonds is 4. The number of nitrogens with one attached hydrogen (secondary N) is 1. The van der Waals surface area contributed by atoms with Gasteiger partial charge in [0.2, 0.25) is 5.91 Å². The highest BCUT2D eigenvalue weighted by Gasteiger charge is 2.27. The first-order valence-electron chi connectivity index (χ1n) is 8.08. The molecule has 0 unspecified atom stereocenters. The van der Waals surface area contributed by atoms with E-state index in [-0.39, 0.29) is 17.9 Å². The summed E-state index contributed by atoms with van der Waals surface area (Å²) in [6, 6.07) is 7.36. The molecule has 1 aliphatic heterocycles. The Morgan fingerprint density at radius 2 is 2.08 bits per heavy atom. The SMILES string of the molecule is C[C@H](NC(=O)[C@@H]1CCCN(c2ccc(Cl)nn2)C1)c1ccncc1. The molecule has 0 spiro atoms. The van der Waals surface area contributed by atoms with E-state index in [4.69, 9.17) is 11.6 Å². The van der Waals surface area contributed by atoms with Crippen LogP contribution in [0.25, 0.3) is 0 Å². The molecule has 2 aromatic rings. The van der Waals surface area contributed by atoms with Crippen LogP contribution >= 0.6 is 11.6 Å². The van der Waals surface area contributed by atoms with Crippen LogP contribution in [-0.4, -0.2) is 34.2 Å². The van der Waals surface area contributed by atoms with E-state index in [0.717, 1.165) is 30.8 Å². The van der Waals surface area contributed by atoms with Gasteiger partial charge in [0.1, 0.15) is 0 Å². The fraction of sp³-hybridized carbons (Fsp3) is 0.412. The van der Waals surface area contributed by atoms with Gasteiger partial charge < -0.3 is 10.2 Å². The molecule has 0 saturated carbocycles. The van der Waals surface area contributed by atoms with Gasteiger partial charge >= 0.3 is 0 Å². The second-order valence-corrected chi connectivity index (χ2v) is 6.40. The lowest BCUT2D eigenvalue weighted by molar-refractivity contribution is -0.125. The van der Waals surface area contributed by atoms with Crippen LogP contribution in [0.3, 0.4) is 0 Å². The van der Waals surface area contributed by atoms with E-state index in [1.165, 1.54) is 0 Å². The molecule has 0 radical (unpaired) electrons. The van der Waals surface area contributed by atoms with E-state index in [2.05, 4.69) is 25.4 Å². The van der Waals surface area contributed by atoms with E-state index in [9.17, 15) is 4.79 Å². The number of pyridine rings is 1. The van der Waals surface area contributed by atoms with Crippen molar-refractivity contribution >= 4 is 23.3 Å². The molecule has 1 saturated heterocycles. The molecule has 24 heavy (non-hydrogen) atoms. The molecular formula is C17H20ClN5O. The zero-order valence-electron chi connectivity index (χ0n) is 13.5. The van der Waals surface area contributed by atoms with E-state index < -0.39 is 0 Å². The Morgan fingerprint density at radius 3 is 2.79 bits per heavy atom. The number of hydrogen-bond donors (Lipinski definition) is 1. The van der Waals surface area contributed by atoms with Gasteiger partial charge in [-0.1, -0.05) is 11.6 Å². The number of halogens is 1. The zero-order valence-corrected chi connectivity index (χ0v) is 14.3. The summed E-state index contributed by atoms with van der Waals surface area (Å²) in [6.07, 6.45) is 5.30. The maximum Gasteiger partial charge on any atom is 0.225 e. The maximum atomic E-state index is 12.6. The quantitative estimate of drug-likeness (QED) is 0.922. The highest BCUT2D eigenvalue weighted by atomic mass is 35.5. The van der Waals surface area contributed by atoms with Gasteiger partial charge in [-0.15, -0.1) is 10.2 Å². The Morgan fingerprint density at radius 1 is 1.29 bits per heavy atom. The smallest absolute Gasteiger partial charge is 0.225 e. The van der Waals surface area contributed by atoms with Gasteiger partial charge in [0.05, 0.1) is 12.0 Å². The molecule has 126 valence electrons. The number of carbonyl (C=O) groups is 1. The fourth-order valence-corrected chi connectivity index (χ4v) is 3.04. The average molecular weight is 346 g/mol. The van der Waals surface area contributed by atoms with E-state index in [1.54, 1.807) is 18.5 Å². The number of hydrogen-bond acceptors (Lipinski definition) is 5. The second kappa shape index (κ2) is 7.57. The average Bonchev–Trinajstić information content (AvgIpc) is 2.63. The number of amides is 1. The van der Waals surface area contributed by atoms with Crippen molar-refractivity contribution in [2.24, 2.45) is 5.92 Å². The molecule has 1 fully saturated rings. The highest BCUT2D eigenvalue weighted by Crippen LogP contribution is 2.23. The summed E-state index contributed by atoms with van der Waals surface area (Å²) in [5, 5.41) is 11.5. The summed E-state index contributed by atoms with van der Waals surface area (Å²) >= 11 is 5.78. The van der Waals surface area contributed by atoms with Crippen molar-refractivity contribution in [1.29, 1.82) is 0 Å². The van der Waals surface area contributed by atoms with Crippen LogP contribution in [0.2, 0.25) is 5.15 Å². The molecule has 6 nitrogen and oxygen atoms in total. The summed E-state index contributed by atoms with van der Waals surface area (Å²) < 4.78 is 0. The third-order valence-corrected chi connectivity index (χ3v) is 4.50. The molecule has 3 heterocycles. The van der Waals surface area contributed by atoms with Crippen LogP contribution in [0.1, 0.15) is 31.4 Å². The monoisotopic (exact) mass is 345 g/mol. The van der Waals surface area contributed by atoms with Gasteiger partial charge in [-0.2, -0.15) is 0 Å². The van der Waals surface area contributed by atoms with E-state index in [1.807, 2.05) is 25.1 Å². The largest absolute Gasteiger partial charge is 0.354 e. The van der Waals surface area contributed by atoms with Crippen LogP contribution in [0, 0.1) is 5.92 Å². The molecule has 0 aromatic carbocycles. The predicted octanol–water partition coefficient (Wildman–Crippen LogP) is 2.62. The Hall–Kier alpha value is -2.21. The van der Waals surface area contributed by atoms with Crippen LogP contribution < -0.4 is 10.2 Å². The van der Waals surface area contributed by atoms with Crippen LogP contribution in [0.5, 0.6) is 0 Å². The molecule has 3 rings (SSSR count). The molecule has 1 aliphatic rings. The Bertz CT molecular complexity index is 679. The van der Waals surface area contributed by atoms with Crippen LogP contribution in [0.4, 0.5) is 5.82 Å². The highest BCUT2D eigenvalue weighted by molar-refractivity contribution is 6.29. The Balaban J connectivity index is 1.61. The summed E-state index contributed by atoms with van der Waals surface area (Å²) in [5.74, 6) is 0.783. The van der Waals surface area contributed by atoms with Crippen molar-refractivity contribution in [3.63, 3.8) is 0 Å². The third kappa shape index (κ3) is 4.00. The van der Waals surface area contributed by atoms with Gasteiger partial charge in [0.25, 0.3) is 0 Å². The molecule has 1 amide bonds. The van der Waals surface area contributed by atoms with E-state index in [0.29, 0.717) is 11.7 Å². The normalized spacial score (nSPS) is 18.9. The van der Waals surface area contributed by atoms with Gasteiger partial charge in [-0.05, 0) is 49.6 Å². The Kier molecular flexibility index (Phi) is 5.25. The van der Waals surface area contributed by atoms with Crippen molar-refractivity contribution in [2.45, 2.75) is 25.8 Å². The lowest BCUT2D eigenvalue weighted by Gasteiger charge is -2.33. The first kappa shape index (κ1) is 16.6. The van der Waals surface area contributed by atoms with Crippen LogP contribution in [-0.2, 0) is 4.79 Å². The number of piperidine rings is 1. The molecule has 0 aliphatic carbocycles. The molecule has 2 aromatic heterocycles. The van der Waals surface area contributed by atoms with Crippen molar-refractivity contribution < 1.29 is 4.79 Å². The number of carbonyl (C=O) groups excluding carboxylic acids is 1. The fourth-order valence-electron chi connectivity index (χ4n) is 2.94. The molecule has 0 bridgehead atoms. The van der Waals surface area contributed by atoms with Crippen molar-refractivity contribution in [3.8, 4) is 0 Å². The Labute approximate surface area is 146 Å². The predicted molar refractivity (Wildman–Crippen MR) is 92.8 cm³/mol. The minimum atomic E-state index is -0.0551. The van der Waals surface area contributed by atoms with Crippen molar-refractivity contribution in [1.82, 2.24) is 20.5 Å². The summed E-state index contributed by atoms with van der Waals surface area (Å²) in [4.78, 5) is 18.7. The third-order valence-electron chi connectivity index (χ3n) is 4.30. The second-order valence-electron chi connectivity index (χ2n) is 6.01. The van der Waals surface area contributed by atoms with Crippen LogP contribution in [0.15, 0.2) is 36.7 Å². The minimum Gasteiger partial charge on any atom is -0.354 e. The zero-order chi connectivity index (χ0) is 16.9. The molecule has 2 atom stereocenters. The first-order chi connectivity index (χ1) is 11.6. The molecule has 7 heteroatoms. The summed E-state index contributed by atoms with van der Waals surface area (Å²) in [6.45, 7) is 3.50. The van der Waals surface area contributed by atoms with Gasteiger partial charge in [-0.25, -0.2) is 0 Å². The first-order valence-corrected chi connectivity index (χ1v) is 8.46. The molecular weight excluding hydrogens is 326 g/mol. The number of aromatic nitrogens is 3. The van der Waals surface area contributed by atoms with Gasteiger partial charge in [0, 0.05) is 25.5 Å².